The summed E-state index contributed by atoms with van der Waals surface area (Å²) in [7, 11) is 0. The Morgan fingerprint density at radius 1 is 0.357 bits per heavy atom. The molecule has 0 amide bonds. The number of ether oxygens (including phenoxy) is 8. The maximum absolute atomic E-state index is 14.0. The number of halogens is 8. The highest BCUT2D eigenvalue weighted by atomic mass is 19.3. The molecule has 8 atom stereocenters. The SMILES string of the molecule is CC[C@@H]1COCCN1c1nc(-c2cnc(N)cc2C(F)F)nc(N2CCOC[C@H]2CC)n1.C[C@@H]1COCCN1c1nc(-c2cnc(N)cc2C(F)F)nc(N2C[C@@H]3C[C@H]2CO3)n1.C[C@@H]1COCCN1c1nc(-c2cnc(N)cc2C(F)F)nc(N2C[C@H]3C[C@@H]2CO3)n1.Nc1cc(C(F)F)c(-c2nc(N3CCOCC34CCC4)nc(N3CCOCC34CCC4)n2)cn1. The number of nitrogen functional groups attached to an aromatic ring is 4. The van der Waals surface area contributed by atoms with Crippen LogP contribution in [0.25, 0.3) is 45.6 Å². The zero-order valence-corrected chi connectivity index (χ0v) is 70.5. The van der Waals surface area contributed by atoms with Crippen LogP contribution in [0.2, 0.25) is 0 Å². The highest BCUT2D eigenvalue weighted by Crippen LogP contribution is 2.47. The molecule has 8 aromatic heterocycles. The summed E-state index contributed by atoms with van der Waals surface area (Å²) in [6.07, 6.45) is 4.38. The predicted molar refractivity (Wildman–Crippen MR) is 450 cm³/mol. The Balaban J connectivity index is 0.000000119. The molecule has 676 valence electrons. The molecule has 126 heavy (non-hydrogen) atoms. The van der Waals surface area contributed by atoms with Crippen molar-refractivity contribution < 1.29 is 73.0 Å². The summed E-state index contributed by atoms with van der Waals surface area (Å²) in [5, 5.41) is 0. The highest BCUT2D eigenvalue weighted by molar-refractivity contribution is 5.69. The van der Waals surface area contributed by atoms with Gasteiger partial charge in [0.25, 0.3) is 25.7 Å². The molecule has 12 aliphatic rings. The van der Waals surface area contributed by atoms with Gasteiger partial charge in [0.15, 0.2) is 23.3 Å². The van der Waals surface area contributed by atoms with Gasteiger partial charge in [0, 0.05) is 122 Å². The molecule has 8 N–H and O–H groups in total. The van der Waals surface area contributed by atoms with E-state index in [9.17, 15) is 35.1 Å². The molecule has 2 spiro atoms. The average molecular weight is 1760 g/mol. The number of nitrogens with two attached hydrogens (primary N) is 4. The van der Waals surface area contributed by atoms with E-state index in [1.54, 1.807) is 0 Å². The van der Waals surface area contributed by atoms with Crippen LogP contribution in [0.15, 0.2) is 49.1 Å². The molecule has 0 unspecified atom stereocenters. The van der Waals surface area contributed by atoms with Gasteiger partial charge in [-0.25, -0.2) is 55.1 Å². The van der Waals surface area contributed by atoms with E-state index in [1.807, 2.05) is 23.6 Å². The van der Waals surface area contributed by atoms with Crippen LogP contribution in [0, 0.1) is 0 Å². The standard InChI is InChI=1S/C23H29F2N7O2.C21H29F2N7O2.2C19H23F2N7O2/c24-18(25)15-11-17(26)27-12-16(15)19-28-20(31-7-9-33-13-22(31)3-1-4-22)30-21(29-19)32-8-10-34-14-23(32)5-2-6-23;1-3-13-11-31-7-5-29(13)20-26-19(16-10-25-17(24)9-15(16)18(22)23)27-21(28-20)30-6-8-32-12-14(30)4-2;2*1-10-8-29-3-2-27(10)18-24-17(14-6-23-15(22)5-13(14)16(20)21)25-19(26-18)28-7-12-4-11(28)9-30-12/h11-12,18H,1-10,13-14H2,(H2,26,27);9-10,13-14,18H,3-8,11-12H2,1-2H3,(H2,24,25);2*5-6,10-12,16H,2-4,7-9H2,1H3,(H2,22,23)/t;13-,14-;10-,11+,12+;10-,11-,12-/m.111/s1. The van der Waals surface area contributed by atoms with Crippen LogP contribution in [0.3, 0.4) is 0 Å². The second-order valence-electron chi connectivity index (χ2n) is 33.5. The molecule has 36 nitrogen and oxygen atoms in total. The minimum Gasteiger partial charge on any atom is -0.384 e. The van der Waals surface area contributed by atoms with Crippen molar-refractivity contribution in [3.05, 3.63) is 71.3 Å². The number of pyridine rings is 4. The lowest BCUT2D eigenvalue weighted by Crippen LogP contribution is -2.63. The van der Waals surface area contributed by atoms with Crippen LogP contribution in [0.1, 0.15) is 140 Å². The van der Waals surface area contributed by atoms with E-state index in [4.69, 9.17) is 90.7 Å². The third kappa shape index (κ3) is 18.3. The van der Waals surface area contributed by atoms with Gasteiger partial charge in [0.05, 0.1) is 152 Å². The van der Waals surface area contributed by atoms with E-state index >= 15 is 0 Å². The summed E-state index contributed by atoms with van der Waals surface area (Å²) in [5.41, 5.74) is 22.1. The monoisotopic (exact) mass is 1760 g/mol. The highest BCUT2D eigenvalue weighted by Gasteiger charge is 2.50. The van der Waals surface area contributed by atoms with Crippen LogP contribution < -0.4 is 62.1 Å². The summed E-state index contributed by atoms with van der Waals surface area (Å²) in [5.74, 6) is 4.60. The van der Waals surface area contributed by atoms with Gasteiger partial charge in [-0.15, -0.1) is 0 Å². The zero-order chi connectivity index (χ0) is 87.7. The molecule has 4 bridgehead atoms. The van der Waals surface area contributed by atoms with Crippen molar-refractivity contribution >= 4 is 70.9 Å². The molecule has 20 rings (SSSR count). The minimum absolute atomic E-state index is 0.0250. The third-order valence-electron chi connectivity index (χ3n) is 25.5. The average Bonchev–Trinajstić information content (AvgIpc) is 0.915. The minimum atomic E-state index is -2.74. The van der Waals surface area contributed by atoms with Gasteiger partial charge in [0.2, 0.25) is 47.6 Å². The van der Waals surface area contributed by atoms with Crippen molar-refractivity contribution in [2.24, 2.45) is 0 Å². The molecular weight excluding hydrogens is 1660 g/mol. The Morgan fingerprint density at radius 2 is 0.643 bits per heavy atom. The molecule has 10 aliphatic heterocycles. The first-order valence-corrected chi connectivity index (χ1v) is 43.0. The maximum Gasteiger partial charge on any atom is 0.264 e. The lowest BCUT2D eigenvalue weighted by atomic mass is 9.75. The van der Waals surface area contributed by atoms with Crippen molar-refractivity contribution in [3.8, 4) is 45.6 Å². The number of anilines is 12. The Morgan fingerprint density at radius 3 is 0.921 bits per heavy atom. The number of fused-ring (bicyclic) bond motifs is 4. The number of aromatic nitrogens is 16. The van der Waals surface area contributed by atoms with E-state index in [0.717, 1.165) is 64.2 Å². The summed E-state index contributed by atoms with van der Waals surface area (Å²) >= 11 is 0. The van der Waals surface area contributed by atoms with Crippen molar-refractivity contribution in [1.29, 1.82) is 0 Å². The number of hydrogen-bond donors (Lipinski definition) is 4. The predicted octanol–water partition coefficient (Wildman–Crippen LogP) is 8.97. The normalized spacial score (nSPS) is 24.3. The first-order chi connectivity index (χ1) is 61.0. The Labute approximate surface area is 721 Å². The van der Waals surface area contributed by atoms with Crippen molar-refractivity contribution in [2.45, 2.75) is 177 Å². The van der Waals surface area contributed by atoms with Crippen LogP contribution >= 0.6 is 0 Å². The fourth-order valence-electron chi connectivity index (χ4n) is 18.3. The number of rotatable bonds is 18. The van der Waals surface area contributed by atoms with E-state index in [-0.39, 0.29) is 151 Å². The van der Waals surface area contributed by atoms with E-state index in [2.05, 4.69) is 93.1 Å². The second-order valence-corrected chi connectivity index (χ2v) is 33.5. The first-order valence-electron chi connectivity index (χ1n) is 43.0. The van der Waals surface area contributed by atoms with Crippen molar-refractivity contribution in [1.82, 2.24) is 79.7 Å². The van der Waals surface area contributed by atoms with Gasteiger partial charge in [0.1, 0.15) is 23.3 Å². The van der Waals surface area contributed by atoms with Crippen molar-refractivity contribution in [3.63, 3.8) is 0 Å². The van der Waals surface area contributed by atoms with Crippen LogP contribution in [-0.4, -0.2) is 284 Å². The van der Waals surface area contributed by atoms with Crippen LogP contribution in [-0.2, 0) is 37.9 Å². The van der Waals surface area contributed by atoms with E-state index in [1.165, 1.54) is 49.1 Å². The molecule has 0 aromatic carbocycles. The number of morpholine rings is 8. The van der Waals surface area contributed by atoms with Gasteiger partial charge < -0.3 is 100 Å². The molecule has 18 heterocycles. The first kappa shape index (κ1) is 87.4. The Bertz CT molecular complexity index is 4860. The van der Waals surface area contributed by atoms with Gasteiger partial charge in [-0.2, -0.15) is 59.8 Å². The molecule has 2 aliphatic carbocycles. The summed E-state index contributed by atoms with van der Waals surface area (Å²) in [6, 6.07) is 5.38. The van der Waals surface area contributed by atoms with Crippen LogP contribution in [0.4, 0.5) is 106 Å². The quantitative estimate of drug-likeness (QED) is 0.0582. The Hall–Kier alpha value is -10.6. The molecule has 8 aromatic rings. The van der Waals surface area contributed by atoms with Gasteiger partial charge in [-0.1, -0.05) is 13.8 Å². The second kappa shape index (κ2) is 37.7. The number of nitrogens with zero attached hydrogens (tertiary/aromatic N) is 24. The van der Waals surface area contributed by atoms with Crippen molar-refractivity contribution in [2.75, 3.05) is 207 Å². The fourth-order valence-corrected chi connectivity index (χ4v) is 18.3. The summed E-state index contributed by atoms with van der Waals surface area (Å²) in [6.45, 7) is 21.3. The topological polar surface area (TPSA) is 410 Å². The van der Waals surface area contributed by atoms with Crippen LogP contribution in [0.5, 0.6) is 0 Å². The van der Waals surface area contributed by atoms with Gasteiger partial charge >= 0.3 is 0 Å². The van der Waals surface area contributed by atoms with E-state index in [0.29, 0.717) is 192 Å². The Kier molecular flexibility index (Phi) is 26.2. The molecular formula is C82H104F8N28O8. The largest absolute Gasteiger partial charge is 0.384 e. The summed E-state index contributed by atoms with van der Waals surface area (Å²) in [4.78, 5) is 89.0. The summed E-state index contributed by atoms with van der Waals surface area (Å²) < 4.78 is 156. The molecule has 10 saturated heterocycles. The lowest BCUT2D eigenvalue weighted by Gasteiger charge is -2.54. The maximum atomic E-state index is 14.0. The van der Waals surface area contributed by atoms with Gasteiger partial charge in [-0.05, 0) is 102 Å². The fraction of sp³-hybridized carbons (Fsp3) is 0.610. The lowest BCUT2D eigenvalue weighted by molar-refractivity contribution is 0.0108. The number of alkyl halides is 8. The third-order valence-corrected chi connectivity index (χ3v) is 25.5. The molecule has 12 fully saturated rings. The van der Waals surface area contributed by atoms with Gasteiger partial charge in [-0.3, -0.25) is 0 Å². The zero-order valence-electron chi connectivity index (χ0n) is 70.5. The smallest absolute Gasteiger partial charge is 0.264 e. The number of hydrogen-bond acceptors (Lipinski definition) is 36. The molecule has 0 radical (unpaired) electrons. The molecule has 2 saturated carbocycles. The van der Waals surface area contributed by atoms with E-state index < -0.39 is 25.7 Å². The molecule has 44 heteroatoms.